The third-order valence-electron chi connectivity index (χ3n) is 4.66. The van der Waals surface area contributed by atoms with Crippen molar-refractivity contribution in [3.63, 3.8) is 0 Å². The largest absolute Gasteiger partial charge is 0.383 e. The highest BCUT2D eigenvalue weighted by Gasteiger charge is 2.25. The fraction of sp³-hybridized carbons (Fsp3) is 0.400. The van der Waals surface area contributed by atoms with E-state index < -0.39 is 0 Å². The average Bonchev–Trinajstić information content (AvgIpc) is 2.87. The number of rotatable bonds is 5. The van der Waals surface area contributed by atoms with Crippen LogP contribution in [-0.2, 0) is 11.3 Å². The molecule has 0 unspecified atom stereocenters. The first-order valence-electron chi connectivity index (χ1n) is 8.24. The van der Waals surface area contributed by atoms with E-state index in [9.17, 15) is 0 Å². The first kappa shape index (κ1) is 15.9. The van der Waals surface area contributed by atoms with E-state index in [0.29, 0.717) is 0 Å². The van der Waals surface area contributed by atoms with E-state index in [4.69, 9.17) is 4.74 Å². The van der Waals surface area contributed by atoms with E-state index in [1.807, 2.05) is 0 Å². The van der Waals surface area contributed by atoms with Gasteiger partial charge in [-0.05, 0) is 49.6 Å². The number of hydrogen-bond donors (Lipinski definition) is 0. The molecule has 122 valence electrons. The summed E-state index contributed by atoms with van der Waals surface area (Å²) in [6.45, 7) is 10.2. The van der Waals surface area contributed by atoms with Gasteiger partial charge in [0, 0.05) is 20.2 Å². The number of para-hydroxylation sites is 2. The first-order chi connectivity index (χ1) is 11.1. The van der Waals surface area contributed by atoms with Crippen LogP contribution in [0.25, 0.3) is 0 Å². The Bertz CT molecular complexity index is 673. The minimum absolute atomic E-state index is 0.755. The van der Waals surface area contributed by atoms with Crippen LogP contribution in [0.1, 0.15) is 22.3 Å². The van der Waals surface area contributed by atoms with Gasteiger partial charge in [-0.1, -0.05) is 29.8 Å². The van der Waals surface area contributed by atoms with Gasteiger partial charge in [0.25, 0.3) is 0 Å². The van der Waals surface area contributed by atoms with E-state index in [1.54, 1.807) is 7.11 Å². The second kappa shape index (κ2) is 6.63. The molecule has 0 bridgehead atoms. The molecule has 0 amide bonds. The predicted octanol–water partition coefficient (Wildman–Crippen LogP) is 4.04. The van der Waals surface area contributed by atoms with Gasteiger partial charge in [0.2, 0.25) is 0 Å². The Kier molecular flexibility index (Phi) is 4.58. The number of anilines is 2. The SMILES string of the molecule is COCCN1CN(Cc2c(C)cc(C)cc2C)c2ccccc21. The molecule has 3 nitrogen and oxygen atoms in total. The van der Waals surface area contributed by atoms with Crippen LogP contribution in [-0.4, -0.2) is 26.9 Å². The summed E-state index contributed by atoms with van der Waals surface area (Å²) in [6, 6.07) is 13.2. The van der Waals surface area contributed by atoms with Crippen molar-refractivity contribution in [3.8, 4) is 0 Å². The maximum absolute atomic E-state index is 5.26. The monoisotopic (exact) mass is 310 g/mol. The first-order valence-corrected chi connectivity index (χ1v) is 8.24. The topological polar surface area (TPSA) is 15.7 Å². The summed E-state index contributed by atoms with van der Waals surface area (Å²) in [6.07, 6.45) is 0. The molecule has 2 aromatic carbocycles. The lowest BCUT2D eigenvalue weighted by Gasteiger charge is -2.23. The van der Waals surface area contributed by atoms with Crippen LogP contribution in [0.4, 0.5) is 11.4 Å². The Morgan fingerprint density at radius 2 is 1.57 bits per heavy atom. The lowest BCUT2D eigenvalue weighted by molar-refractivity contribution is 0.205. The van der Waals surface area contributed by atoms with Crippen molar-refractivity contribution < 1.29 is 4.74 Å². The van der Waals surface area contributed by atoms with Crippen LogP contribution in [0.3, 0.4) is 0 Å². The Labute approximate surface area is 139 Å². The van der Waals surface area contributed by atoms with Gasteiger partial charge < -0.3 is 14.5 Å². The predicted molar refractivity (Wildman–Crippen MR) is 97.4 cm³/mol. The molecule has 1 aliphatic rings. The van der Waals surface area contributed by atoms with Crippen LogP contribution < -0.4 is 9.80 Å². The van der Waals surface area contributed by atoms with Gasteiger partial charge in [-0.2, -0.15) is 0 Å². The summed E-state index contributed by atoms with van der Waals surface area (Å²) in [5.41, 5.74) is 8.19. The van der Waals surface area contributed by atoms with Gasteiger partial charge in [-0.3, -0.25) is 0 Å². The minimum Gasteiger partial charge on any atom is -0.383 e. The summed E-state index contributed by atoms with van der Waals surface area (Å²) < 4.78 is 5.26. The van der Waals surface area contributed by atoms with Crippen molar-refractivity contribution in [2.75, 3.05) is 36.7 Å². The van der Waals surface area contributed by atoms with Crippen LogP contribution in [0, 0.1) is 20.8 Å². The smallest absolute Gasteiger partial charge is 0.0908 e. The molecule has 0 aromatic heterocycles. The average molecular weight is 310 g/mol. The Morgan fingerprint density at radius 1 is 0.957 bits per heavy atom. The van der Waals surface area contributed by atoms with E-state index in [-0.39, 0.29) is 0 Å². The van der Waals surface area contributed by atoms with E-state index >= 15 is 0 Å². The van der Waals surface area contributed by atoms with Crippen molar-refractivity contribution in [1.29, 1.82) is 0 Å². The zero-order valence-electron chi connectivity index (χ0n) is 14.6. The molecule has 0 aliphatic carbocycles. The number of aryl methyl sites for hydroxylation is 3. The molecular weight excluding hydrogens is 284 g/mol. The molecule has 3 heteroatoms. The summed E-state index contributed by atoms with van der Waals surface area (Å²) in [4.78, 5) is 4.87. The fourth-order valence-electron chi connectivity index (χ4n) is 3.54. The van der Waals surface area contributed by atoms with E-state index in [0.717, 1.165) is 26.4 Å². The number of hydrogen-bond acceptors (Lipinski definition) is 3. The maximum Gasteiger partial charge on any atom is 0.0908 e. The Balaban J connectivity index is 1.87. The number of nitrogens with zero attached hydrogens (tertiary/aromatic N) is 2. The van der Waals surface area contributed by atoms with E-state index in [2.05, 4.69) is 67.0 Å². The summed E-state index contributed by atoms with van der Waals surface area (Å²) >= 11 is 0. The van der Waals surface area contributed by atoms with Crippen LogP contribution in [0.5, 0.6) is 0 Å². The lowest BCUT2D eigenvalue weighted by atomic mass is 9.99. The number of benzene rings is 2. The third kappa shape index (κ3) is 3.20. The van der Waals surface area contributed by atoms with Crippen LogP contribution in [0.15, 0.2) is 36.4 Å². The van der Waals surface area contributed by atoms with Crippen molar-refractivity contribution in [3.05, 3.63) is 58.7 Å². The molecule has 0 fully saturated rings. The quantitative estimate of drug-likeness (QED) is 0.829. The van der Waals surface area contributed by atoms with Crippen molar-refractivity contribution in [1.82, 2.24) is 0 Å². The molecule has 3 rings (SSSR count). The zero-order chi connectivity index (χ0) is 16.4. The fourth-order valence-corrected chi connectivity index (χ4v) is 3.54. The maximum atomic E-state index is 5.26. The summed E-state index contributed by atoms with van der Waals surface area (Å²) in [7, 11) is 1.76. The van der Waals surface area contributed by atoms with Crippen molar-refractivity contribution >= 4 is 11.4 Å². The summed E-state index contributed by atoms with van der Waals surface area (Å²) in [5.74, 6) is 0. The molecule has 0 N–H and O–H groups in total. The van der Waals surface area contributed by atoms with Gasteiger partial charge >= 0.3 is 0 Å². The molecule has 2 aromatic rings. The number of methoxy groups -OCH3 is 1. The van der Waals surface area contributed by atoms with Gasteiger partial charge in [-0.25, -0.2) is 0 Å². The summed E-state index contributed by atoms with van der Waals surface area (Å²) in [5, 5.41) is 0. The standard InChI is InChI=1S/C20H26N2O/c1-15-11-16(2)18(17(3)12-15)13-22-14-21(9-10-23-4)19-7-5-6-8-20(19)22/h5-8,11-12H,9-10,13-14H2,1-4H3. The lowest BCUT2D eigenvalue weighted by Crippen LogP contribution is -2.33. The second-order valence-electron chi connectivity index (χ2n) is 6.46. The molecule has 0 spiro atoms. The highest BCUT2D eigenvalue weighted by atomic mass is 16.5. The van der Waals surface area contributed by atoms with Crippen molar-refractivity contribution in [2.24, 2.45) is 0 Å². The normalized spacial score (nSPS) is 13.6. The molecule has 1 aliphatic heterocycles. The Hall–Kier alpha value is -2.00. The van der Waals surface area contributed by atoms with Gasteiger partial charge in [0.15, 0.2) is 0 Å². The minimum atomic E-state index is 0.755. The molecule has 0 saturated carbocycles. The molecule has 0 atom stereocenters. The zero-order valence-corrected chi connectivity index (χ0v) is 14.6. The number of ether oxygens (including phenoxy) is 1. The molecule has 0 saturated heterocycles. The number of fused-ring (bicyclic) bond motifs is 1. The molecule has 1 heterocycles. The molecule has 23 heavy (non-hydrogen) atoms. The molecule has 0 radical (unpaired) electrons. The van der Waals surface area contributed by atoms with Gasteiger partial charge in [0.05, 0.1) is 24.7 Å². The van der Waals surface area contributed by atoms with Gasteiger partial charge in [-0.15, -0.1) is 0 Å². The third-order valence-corrected chi connectivity index (χ3v) is 4.66. The highest BCUT2D eigenvalue weighted by molar-refractivity contribution is 5.76. The van der Waals surface area contributed by atoms with Crippen LogP contribution in [0.2, 0.25) is 0 Å². The van der Waals surface area contributed by atoms with Crippen LogP contribution >= 0.6 is 0 Å². The molecular formula is C20H26N2O. The van der Waals surface area contributed by atoms with E-state index in [1.165, 1.54) is 33.6 Å². The second-order valence-corrected chi connectivity index (χ2v) is 6.46. The van der Waals surface area contributed by atoms with Gasteiger partial charge in [0.1, 0.15) is 0 Å². The highest BCUT2D eigenvalue weighted by Crippen LogP contribution is 2.37. The Morgan fingerprint density at radius 3 is 2.17 bits per heavy atom. The van der Waals surface area contributed by atoms with Crippen molar-refractivity contribution in [2.45, 2.75) is 27.3 Å².